The second kappa shape index (κ2) is 10.6. The molecule has 0 aliphatic carbocycles. The monoisotopic (exact) mass is 532 g/mol. The van der Waals surface area contributed by atoms with Crippen molar-refractivity contribution in [3.05, 3.63) is 135 Å². The van der Waals surface area contributed by atoms with Crippen molar-refractivity contribution in [1.29, 1.82) is 0 Å². The topological polar surface area (TPSA) is 44.1 Å². The molecule has 5 rings (SSSR count). The Kier molecular flexibility index (Phi) is 7.10. The molecule has 0 spiro atoms. The summed E-state index contributed by atoms with van der Waals surface area (Å²) in [6.45, 7) is 0.473. The van der Waals surface area contributed by atoms with Crippen LogP contribution in [0.3, 0.4) is 0 Å². The quantitative estimate of drug-likeness (QED) is 0.163. The van der Waals surface area contributed by atoms with Crippen molar-refractivity contribution >= 4 is 63.6 Å². The average molecular weight is 534 g/mol. The lowest BCUT2D eigenvalue weighted by atomic mass is 10.1. The SMILES string of the molecule is O=C(O/C(=C\c1nc2ccccc2n1Cc1ccccc1Cl)c1ccccc1Cl)c1ccccc1Cl. The molecular formula is C29H19Cl3N2O2. The van der Waals surface area contributed by atoms with E-state index in [-0.39, 0.29) is 11.3 Å². The maximum absolute atomic E-state index is 13.1. The number of nitrogens with zero attached hydrogens (tertiary/aromatic N) is 2. The Labute approximate surface area is 223 Å². The van der Waals surface area contributed by atoms with E-state index in [2.05, 4.69) is 0 Å². The summed E-state index contributed by atoms with van der Waals surface area (Å²) in [6, 6.07) is 29.3. The fourth-order valence-electron chi connectivity index (χ4n) is 3.89. The van der Waals surface area contributed by atoms with E-state index in [1.807, 2.05) is 65.2 Å². The maximum Gasteiger partial charge on any atom is 0.345 e. The van der Waals surface area contributed by atoms with E-state index in [1.165, 1.54) is 0 Å². The van der Waals surface area contributed by atoms with Gasteiger partial charge < -0.3 is 9.30 Å². The number of para-hydroxylation sites is 2. The molecule has 7 heteroatoms. The van der Waals surface area contributed by atoms with E-state index in [4.69, 9.17) is 44.5 Å². The van der Waals surface area contributed by atoms with Crippen molar-refractivity contribution in [1.82, 2.24) is 9.55 Å². The molecule has 0 N–H and O–H groups in total. The van der Waals surface area contributed by atoms with E-state index in [0.717, 1.165) is 16.6 Å². The Hall–Kier alpha value is -3.57. The van der Waals surface area contributed by atoms with Crippen molar-refractivity contribution in [2.75, 3.05) is 0 Å². The lowest BCUT2D eigenvalue weighted by Crippen LogP contribution is -2.07. The largest absolute Gasteiger partial charge is 0.422 e. The molecule has 0 saturated heterocycles. The van der Waals surface area contributed by atoms with Crippen LogP contribution in [-0.4, -0.2) is 15.5 Å². The lowest BCUT2D eigenvalue weighted by Gasteiger charge is -2.13. The minimum Gasteiger partial charge on any atom is -0.422 e. The average Bonchev–Trinajstić information content (AvgIpc) is 3.22. The Morgan fingerprint density at radius 1 is 0.750 bits per heavy atom. The molecule has 0 aliphatic rings. The van der Waals surface area contributed by atoms with Crippen LogP contribution in [0.15, 0.2) is 97.1 Å². The highest BCUT2D eigenvalue weighted by atomic mass is 35.5. The summed E-state index contributed by atoms with van der Waals surface area (Å²) in [6.07, 6.45) is 1.72. The Morgan fingerprint density at radius 2 is 1.33 bits per heavy atom. The molecule has 1 aromatic heterocycles. The smallest absolute Gasteiger partial charge is 0.345 e. The van der Waals surface area contributed by atoms with E-state index in [9.17, 15) is 4.79 Å². The number of hydrogen-bond donors (Lipinski definition) is 0. The molecule has 5 aromatic rings. The number of carbonyl (C=O) groups excluding carboxylic acids is 1. The van der Waals surface area contributed by atoms with Gasteiger partial charge in [-0.3, -0.25) is 0 Å². The van der Waals surface area contributed by atoms with E-state index >= 15 is 0 Å². The van der Waals surface area contributed by atoms with Gasteiger partial charge in [0.15, 0.2) is 0 Å². The van der Waals surface area contributed by atoms with E-state index < -0.39 is 5.97 Å². The van der Waals surface area contributed by atoms with Crippen LogP contribution in [0, 0.1) is 0 Å². The van der Waals surface area contributed by atoms with E-state index in [0.29, 0.717) is 33.0 Å². The molecular weight excluding hydrogens is 515 g/mol. The number of esters is 1. The first-order valence-electron chi connectivity index (χ1n) is 11.1. The van der Waals surface area contributed by atoms with Gasteiger partial charge in [-0.05, 0) is 48.0 Å². The zero-order valence-corrected chi connectivity index (χ0v) is 21.1. The van der Waals surface area contributed by atoms with Crippen LogP contribution in [0.25, 0.3) is 22.9 Å². The second-order valence-electron chi connectivity index (χ2n) is 7.99. The van der Waals surface area contributed by atoms with Crippen LogP contribution >= 0.6 is 34.8 Å². The number of imidazole rings is 1. The van der Waals surface area contributed by atoms with Crippen LogP contribution in [0.5, 0.6) is 0 Å². The van der Waals surface area contributed by atoms with Crippen LogP contribution in [0.1, 0.15) is 27.3 Å². The molecule has 36 heavy (non-hydrogen) atoms. The first kappa shape index (κ1) is 24.1. The van der Waals surface area contributed by atoms with E-state index in [1.54, 1.807) is 42.5 Å². The number of fused-ring (bicyclic) bond motifs is 1. The molecule has 4 aromatic carbocycles. The predicted molar refractivity (Wildman–Crippen MR) is 146 cm³/mol. The van der Waals surface area contributed by atoms with Crippen molar-refractivity contribution in [2.45, 2.75) is 6.54 Å². The summed E-state index contributed by atoms with van der Waals surface area (Å²) < 4.78 is 7.91. The van der Waals surface area contributed by atoms with Gasteiger partial charge in [0.25, 0.3) is 0 Å². The molecule has 0 fully saturated rings. The number of rotatable bonds is 6. The predicted octanol–water partition coefficient (Wildman–Crippen LogP) is 8.40. The number of benzene rings is 4. The molecule has 4 nitrogen and oxygen atoms in total. The number of carbonyl (C=O) groups is 1. The number of halogens is 3. The van der Waals surface area contributed by atoms with Crippen LogP contribution in [-0.2, 0) is 11.3 Å². The summed E-state index contributed by atoms with van der Waals surface area (Å²) in [5.41, 5.74) is 3.45. The van der Waals surface area contributed by atoms with Crippen LogP contribution in [0.2, 0.25) is 15.1 Å². The highest BCUT2D eigenvalue weighted by Crippen LogP contribution is 2.30. The molecule has 0 bridgehead atoms. The Morgan fingerprint density at radius 3 is 2.03 bits per heavy atom. The number of hydrogen-bond acceptors (Lipinski definition) is 3. The summed E-state index contributed by atoms with van der Waals surface area (Å²) in [5, 5.41) is 1.39. The van der Waals surface area contributed by atoms with Gasteiger partial charge in [-0.2, -0.15) is 0 Å². The molecule has 0 saturated carbocycles. The zero-order chi connectivity index (χ0) is 25.1. The second-order valence-corrected chi connectivity index (χ2v) is 9.22. The molecule has 0 unspecified atom stereocenters. The standard InChI is InChI=1S/C29H19Cl3N2O2/c30-22-12-4-1-9-19(22)18-34-26-16-8-7-15-25(26)33-28(34)17-27(20-10-2-5-13-23(20)31)36-29(35)21-11-3-6-14-24(21)32/h1-17H,18H2/b27-17-. The first-order valence-corrected chi connectivity index (χ1v) is 12.3. The zero-order valence-electron chi connectivity index (χ0n) is 18.9. The molecule has 0 amide bonds. The van der Waals surface area contributed by atoms with Crippen molar-refractivity contribution in [3.8, 4) is 0 Å². The molecule has 0 aliphatic heterocycles. The normalized spacial score (nSPS) is 11.6. The van der Waals surface area contributed by atoms with Gasteiger partial charge in [0.05, 0.1) is 33.2 Å². The fourth-order valence-corrected chi connectivity index (χ4v) is 4.53. The third-order valence-electron chi connectivity index (χ3n) is 5.67. The molecule has 0 radical (unpaired) electrons. The van der Waals surface area contributed by atoms with Crippen molar-refractivity contribution < 1.29 is 9.53 Å². The van der Waals surface area contributed by atoms with Crippen LogP contribution < -0.4 is 0 Å². The maximum atomic E-state index is 13.1. The minimum absolute atomic E-state index is 0.251. The third kappa shape index (κ3) is 5.02. The number of ether oxygens (including phenoxy) is 1. The van der Waals surface area contributed by atoms with Gasteiger partial charge in [0.2, 0.25) is 0 Å². The first-order chi connectivity index (χ1) is 17.5. The van der Waals surface area contributed by atoms with Crippen molar-refractivity contribution in [3.63, 3.8) is 0 Å². The van der Waals surface area contributed by atoms with Gasteiger partial charge in [-0.25, -0.2) is 9.78 Å². The lowest BCUT2D eigenvalue weighted by molar-refractivity contribution is 0.0694. The Balaban J connectivity index is 1.65. The summed E-state index contributed by atoms with van der Waals surface area (Å²) in [5.74, 6) is 0.236. The highest BCUT2D eigenvalue weighted by Gasteiger charge is 2.19. The number of aromatic nitrogens is 2. The third-order valence-corrected chi connectivity index (χ3v) is 6.69. The summed E-state index contributed by atoms with van der Waals surface area (Å²) >= 11 is 19.2. The van der Waals surface area contributed by atoms with Crippen molar-refractivity contribution in [2.24, 2.45) is 0 Å². The summed E-state index contributed by atoms with van der Waals surface area (Å²) in [4.78, 5) is 17.9. The molecule has 0 atom stereocenters. The van der Waals surface area contributed by atoms with Gasteiger partial charge in [0, 0.05) is 16.7 Å². The molecule has 1 heterocycles. The summed E-state index contributed by atoms with van der Waals surface area (Å²) in [7, 11) is 0. The Bertz CT molecular complexity index is 1610. The minimum atomic E-state index is -0.597. The van der Waals surface area contributed by atoms with Gasteiger partial charge in [-0.15, -0.1) is 0 Å². The van der Waals surface area contributed by atoms with Gasteiger partial charge in [-0.1, -0.05) is 89.4 Å². The van der Waals surface area contributed by atoms with Gasteiger partial charge in [0.1, 0.15) is 11.6 Å². The highest BCUT2D eigenvalue weighted by molar-refractivity contribution is 6.34. The van der Waals surface area contributed by atoms with Crippen LogP contribution in [0.4, 0.5) is 0 Å². The van der Waals surface area contributed by atoms with Gasteiger partial charge >= 0.3 is 5.97 Å². The fraction of sp³-hybridized carbons (Fsp3) is 0.0345. The molecule has 178 valence electrons.